The topological polar surface area (TPSA) is 73.4 Å². The van der Waals surface area contributed by atoms with Crippen molar-refractivity contribution in [2.75, 3.05) is 62.7 Å². The Morgan fingerprint density at radius 3 is 2.24 bits per heavy atom. The number of rotatable bonds is 5. The van der Waals surface area contributed by atoms with Crippen molar-refractivity contribution in [1.29, 1.82) is 0 Å². The Bertz CT molecular complexity index is 914. The average Bonchev–Trinajstić information content (AvgIpc) is 2.79. The van der Waals surface area contributed by atoms with E-state index in [1.807, 2.05) is 11.9 Å². The third kappa shape index (κ3) is 5.93. The summed E-state index contributed by atoms with van der Waals surface area (Å²) < 4.78 is 46.0. The molecule has 3 rings (SSSR count). The van der Waals surface area contributed by atoms with Crippen LogP contribution in [0.1, 0.15) is 30.1 Å². The number of nitrogens with zero attached hydrogens (tertiary/aromatic N) is 4. The number of piperazine rings is 1. The maximum Gasteiger partial charge on any atom is 0.471 e. The van der Waals surface area contributed by atoms with Crippen molar-refractivity contribution in [2.24, 2.45) is 0 Å². The number of likely N-dealkylation sites (N-methyl/N-ethyl adjacent to an activating group) is 1. The molecule has 12 heteroatoms. The van der Waals surface area contributed by atoms with Crippen LogP contribution in [0.15, 0.2) is 18.2 Å². The third-order valence-electron chi connectivity index (χ3n) is 6.14. The van der Waals surface area contributed by atoms with Crippen molar-refractivity contribution in [1.82, 2.24) is 9.80 Å². The summed E-state index contributed by atoms with van der Waals surface area (Å²) in [6.07, 6.45) is -5.53. The highest BCUT2D eigenvalue weighted by atomic mass is 35.5. The summed E-state index contributed by atoms with van der Waals surface area (Å²) in [6, 6.07) is 3.55. The van der Waals surface area contributed by atoms with Gasteiger partial charge < -0.3 is 24.3 Å². The van der Waals surface area contributed by atoms with Crippen LogP contribution in [-0.2, 0) is 9.53 Å². The van der Waals surface area contributed by atoms with Crippen molar-refractivity contribution in [3.8, 4) is 0 Å². The Kier molecular flexibility index (Phi) is 8.29. The first-order valence-electron chi connectivity index (χ1n) is 11.1. The van der Waals surface area contributed by atoms with Crippen LogP contribution in [0, 0.1) is 0 Å². The van der Waals surface area contributed by atoms with E-state index in [1.165, 1.54) is 17.0 Å². The van der Waals surface area contributed by atoms with Crippen LogP contribution in [0.4, 0.5) is 29.3 Å². The molecule has 0 unspecified atom stereocenters. The van der Waals surface area contributed by atoms with Gasteiger partial charge in [0.05, 0.1) is 17.9 Å². The first kappa shape index (κ1) is 26.1. The molecule has 0 spiro atoms. The molecule has 0 radical (unpaired) electrons. The molecular formula is C22H28ClF3N4O4. The number of anilines is 2. The minimum Gasteiger partial charge on any atom is -0.450 e. The van der Waals surface area contributed by atoms with Gasteiger partial charge in [-0.3, -0.25) is 9.59 Å². The van der Waals surface area contributed by atoms with Gasteiger partial charge in [0.15, 0.2) is 0 Å². The zero-order chi connectivity index (χ0) is 25.0. The largest absolute Gasteiger partial charge is 0.471 e. The molecule has 1 aromatic rings. The summed E-state index contributed by atoms with van der Waals surface area (Å²) in [5.74, 6) is -2.07. The molecule has 8 nitrogen and oxygen atoms in total. The Morgan fingerprint density at radius 1 is 1.09 bits per heavy atom. The van der Waals surface area contributed by atoms with Crippen LogP contribution in [0.2, 0.25) is 0 Å². The average molecular weight is 505 g/mol. The van der Waals surface area contributed by atoms with Crippen LogP contribution >= 0.6 is 11.6 Å². The van der Waals surface area contributed by atoms with Crippen molar-refractivity contribution in [3.63, 3.8) is 0 Å². The SMILES string of the molecule is CCOC(=O)N1CCC(N(C(=O)C(F)(F)F)c2cc(N3CCN(C)CC3)ccc2C(=O)Cl)CC1. The lowest BCUT2D eigenvalue weighted by molar-refractivity contribution is -0.171. The summed E-state index contributed by atoms with van der Waals surface area (Å²) in [4.78, 5) is 42.9. The summed E-state index contributed by atoms with van der Waals surface area (Å²) >= 11 is 5.72. The molecule has 34 heavy (non-hydrogen) atoms. The van der Waals surface area contributed by atoms with Gasteiger partial charge in [-0.05, 0) is 56.6 Å². The molecule has 0 aromatic heterocycles. The van der Waals surface area contributed by atoms with Crippen LogP contribution in [-0.4, -0.2) is 92.2 Å². The van der Waals surface area contributed by atoms with Gasteiger partial charge in [0.1, 0.15) is 0 Å². The number of benzene rings is 1. The smallest absolute Gasteiger partial charge is 0.450 e. The molecule has 1 aromatic carbocycles. The maximum absolute atomic E-state index is 13.7. The Hall–Kier alpha value is -2.53. The number of amides is 2. The molecule has 0 aliphatic carbocycles. The second kappa shape index (κ2) is 10.8. The zero-order valence-electron chi connectivity index (χ0n) is 19.1. The number of hydrogen-bond donors (Lipinski definition) is 0. The molecule has 0 saturated carbocycles. The molecule has 2 fully saturated rings. The number of carbonyl (C=O) groups is 3. The molecule has 0 atom stereocenters. The van der Waals surface area contributed by atoms with E-state index < -0.39 is 29.5 Å². The number of halogens is 4. The number of alkyl halides is 3. The van der Waals surface area contributed by atoms with E-state index in [1.54, 1.807) is 13.0 Å². The van der Waals surface area contributed by atoms with Gasteiger partial charge in [-0.2, -0.15) is 13.2 Å². The van der Waals surface area contributed by atoms with Gasteiger partial charge in [-0.15, -0.1) is 0 Å². The molecule has 2 aliphatic heterocycles. The van der Waals surface area contributed by atoms with Crippen molar-refractivity contribution in [2.45, 2.75) is 32.0 Å². The van der Waals surface area contributed by atoms with Crippen LogP contribution < -0.4 is 9.80 Å². The van der Waals surface area contributed by atoms with E-state index in [-0.39, 0.29) is 43.8 Å². The lowest BCUT2D eigenvalue weighted by Gasteiger charge is -2.39. The number of hydrogen-bond acceptors (Lipinski definition) is 6. The predicted molar refractivity (Wildman–Crippen MR) is 121 cm³/mol. The molecule has 2 amide bonds. The first-order valence-corrected chi connectivity index (χ1v) is 11.5. The van der Waals surface area contributed by atoms with E-state index in [4.69, 9.17) is 16.3 Å². The van der Waals surface area contributed by atoms with Gasteiger partial charge in [0.2, 0.25) is 0 Å². The number of likely N-dealkylation sites (tertiary alicyclic amines) is 1. The minimum atomic E-state index is -5.16. The lowest BCUT2D eigenvalue weighted by atomic mass is 10.0. The number of carbonyl (C=O) groups excluding carboxylic acids is 3. The Balaban J connectivity index is 1.97. The minimum absolute atomic E-state index is 0.0925. The number of piperidine rings is 1. The fourth-order valence-corrected chi connectivity index (χ4v) is 4.44. The highest BCUT2D eigenvalue weighted by Gasteiger charge is 2.47. The summed E-state index contributed by atoms with van der Waals surface area (Å²) in [6.45, 7) is 4.90. The second-order valence-electron chi connectivity index (χ2n) is 8.36. The molecule has 2 aliphatic rings. The highest BCUT2D eigenvalue weighted by molar-refractivity contribution is 6.68. The highest BCUT2D eigenvalue weighted by Crippen LogP contribution is 2.35. The maximum atomic E-state index is 13.7. The van der Waals surface area contributed by atoms with Gasteiger partial charge in [0.25, 0.3) is 5.24 Å². The molecule has 2 saturated heterocycles. The second-order valence-corrected chi connectivity index (χ2v) is 8.70. The standard InChI is InChI=1S/C22H28ClF3N4O4/c1-3-34-21(33)29-8-6-15(7-9-29)30(20(32)22(24,25)26)18-14-16(4-5-17(18)19(23)31)28-12-10-27(2)11-13-28/h4-5,14-15H,3,6-13H2,1-2H3. The number of ether oxygens (including phenoxy) is 1. The van der Waals surface area contributed by atoms with Gasteiger partial charge in [-0.1, -0.05) is 0 Å². The summed E-state index contributed by atoms with van der Waals surface area (Å²) in [7, 11) is 1.98. The van der Waals surface area contributed by atoms with E-state index >= 15 is 0 Å². The van der Waals surface area contributed by atoms with Crippen molar-refractivity contribution in [3.05, 3.63) is 23.8 Å². The summed E-state index contributed by atoms with van der Waals surface area (Å²) in [5, 5.41) is -0.955. The van der Waals surface area contributed by atoms with Crippen LogP contribution in [0.3, 0.4) is 0 Å². The fraction of sp³-hybridized carbons (Fsp3) is 0.591. The molecular weight excluding hydrogens is 477 g/mol. The monoisotopic (exact) mass is 504 g/mol. The zero-order valence-corrected chi connectivity index (χ0v) is 19.9. The van der Waals surface area contributed by atoms with E-state index in [0.717, 1.165) is 13.1 Å². The van der Waals surface area contributed by atoms with Crippen molar-refractivity contribution < 1.29 is 32.3 Å². The van der Waals surface area contributed by atoms with Crippen molar-refractivity contribution >= 4 is 40.2 Å². The Morgan fingerprint density at radius 2 is 1.71 bits per heavy atom. The lowest BCUT2D eigenvalue weighted by Crippen LogP contribution is -2.53. The normalized spacial score (nSPS) is 18.1. The molecule has 0 N–H and O–H groups in total. The van der Waals surface area contributed by atoms with Gasteiger partial charge in [0, 0.05) is 51.0 Å². The third-order valence-corrected chi connectivity index (χ3v) is 6.34. The predicted octanol–water partition coefficient (Wildman–Crippen LogP) is 3.33. The van der Waals surface area contributed by atoms with Gasteiger partial charge in [-0.25, -0.2) is 4.79 Å². The van der Waals surface area contributed by atoms with E-state index in [0.29, 0.717) is 23.7 Å². The van der Waals surface area contributed by atoms with Crippen LogP contribution in [0.25, 0.3) is 0 Å². The van der Waals surface area contributed by atoms with E-state index in [9.17, 15) is 27.6 Å². The van der Waals surface area contributed by atoms with E-state index in [2.05, 4.69) is 4.90 Å². The first-order chi connectivity index (χ1) is 16.0. The molecule has 2 heterocycles. The van der Waals surface area contributed by atoms with Crippen LogP contribution in [0.5, 0.6) is 0 Å². The fourth-order valence-electron chi connectivity index (χ4n) is 4.28. The molecule has 0 bridgehead atoms. The Labute approximate surface area is 201 Å². The quantitative estimate of drug-likeness (QED) is 0.573. The summed E-state index contributed by atoms with van der Waals surface area (Å²) in [5.41, 5.74) is 0.256. The molecule has 188 valence electrons. The van der Waals surface area contributed by atoms with Gasteiger partial charge >= 0.3 is 18.2 Å².